The molecule has 0 aliphatic heterocycles. The fraction of sp³-hybridized carbons (Fsp3) is 0.111. The summed E-state index contributed by atoms with van der Waals surface area (Å²) in [7, 11) is 1.85. The molecule has 0 amide bonds. The molecule has 2 N–H and O–H groups in total. The largest absolute Gasteiger partial charge is 0.396 e. The summed E-state index contributed by atoms with van der Waals surface area (Å²) in [5.41, 5.74) is 8.30. The van der Waals surface area contributed by atoms with Gasteiger partial charge in [0.25, 0.3) is 0 Å². The lowest BCUT2D eigenvalue weighted by atomic mass is 10.2. The molecule has 0 aliphatic carbocycles. The van der Waals surface area contributed by atoms with Gasteiger partial charge in [0.2, 0.25) is 0 Å². The molecule has 5 heteroatoms. The highest BCUT2D eigenvalue weighted by Crippen LogP contribution is 2.25. The molecule has 4 nitrogen and oxygen atoms in total. The van der Waals surface area contributed by atoms with Crippen LogP contribution >= 0.6 is 15.9 Å². The normalized spacial score (nSPS) is 10.4. The van der Waals surface area contributed by atoms with Gasteiger partial charge in [0.1, 0.15) is 0 Å². The Bertz CT molecular complexity index is 444. The lowest BCUT2D eigenvalue weighted by Gasteiger charge is -2.03. The fourth-order valence-corrected chi connectivity index (χ4v) is 1.71. The van der Waals surface area contributed by atoms with Crippen molar-refractivity contribution in [3.8, 4) is 11.3 Å². The second kappa shape index (κ2) is 3.42. The van der Waals surface area contributed by atoms with Crippen LogP contribution < -0.4 is 5.73 Å². The molecule has 72 valence electrons. The standard InChI is InChI=1S/C9H9BrN4/c1-14-9(8(11)5-13-14)6-2-7(10)4-12-3-6/h2-5H,11H2,1H3. The maximum Gasteiger partial charge on any atom is 0.0924 e. The van der Waals surface area contributed by atoms with Crippen molar-refractivity contribution in [1.82, 2.24) is 14.8 Å². The highest BCUT2D eigenvalue weighted by Gasteiger charge is 2.08. The average Bonchev–Trinajstić information content (AvgIpc) is 2.46. The third-order valence-electron chi connectivity index (χ3n) is 1.95. The van der Waals surface area contributed by atoms with Crippen molar-refractivity contribution < 1.29 is 0 Å². The Kier molecular flexibility index (Phi) is 2.25. The number of nitrogens with zero attached hydrogens (tertiary/aromatic N) is 3. The van der Waals surface area contributed by atoms with Gasteiger partial charge in [0.05, 0.1) is 17.6 Å². The Hall–Kier alpha value is -1.36. The van der Waals surface area contributed by atoms with Gasteiger partial charge in [-0.05, 0) is 22.0 Å². The van der Waals surface area contributed by atoms with Gasteiger partial charge in [-0.1, -0.05) is 0 Å². The molecule has 0 atom stereocenters. The van der Waals surface area contributed by atoms with Crippen LogP contribution in [-0.2, 0) is 7.05 Å². The minimum Gasteiger partial charge on any atom is -0.396 e. The zero-order valence-corrected chi connectivity index (χ0v) is 9.19. The van der Waals surface area contributed by atoms with Crippen molar-refractivity contribution in [2.75, 3.05) is 5.73 Å². The number of nitrogens with two attached hydrogens (primary N) is 1. The summed E-state index contributed by atoms with van der Waals surface area (Å²) in [6.07, 6.45) is 5.13. The molecule has 0 radical (unpaired) electrons. The first-order valence-corrected chi connectivity index (χ1v) is 4.86. The van der Waals surface area contributed by atoms with Gasteiger partial charge in [-0.15, -0.1) is 0 Å². The summed E-state index contributed by atoms with van der Waals surface area (Å²) in [5, 5.41) is 4.07. The maximum atomic E-state index is 5.80. The fourth-order valence-electron chi connectivity index (χ4n) is 1.35. The van der Waals surface area contributed by atoms with E-state index in [9.17, 15) is 0 Å². The van der Waals surface area contributed by atoms with Crippen LogP contribution in [0.4, 0.5) is 5.69 Å². The van der Waals surface area contributed by atoms with Gasteiger partial charge in [-0.3, -0.25) is 9.67 Å². The summed E-state index contributed by atoms with van der Waals surface area (Å²) < 4.78 is 2.66. The molecule has 0 saturated carbocycles. The van der Waals surface area contributed by atoms with Crippen molar-refractivity contribution in [3.63, 3.8) is 0 Å². The predicted octanol–water partition coefficient (Wildman–Crippen LogP) is 1.83. The molecular formula is C9H9BrN4. The highest BCUT2D eigenvalue weighted by molar-refractivity contribution is 9.10. The molecule has 2 heterocycles. The van der Waals surface area contributed by atoms with Crippen molar-refractivity contribution in [2.24, 2.45) is 7.05 Å². The topological polar surface area (TPSA) is 56.7 Å². The first-order chi connectivity index (χ1) is 6.68. The number of hydrogen-bond donors (Lipinski definition) is 1. The summed E-state index contributed by atoms with van der Waals surface area (Å²) in [6, 6.07) is 1.96. The zero-order chi connectivity index (χ0) is 10.1. The molecule has 0 aromatic carbocycles. The van der Waals surface area contributed by atoms with Crippen LogP contribution in [0.3, 0.4) is 0 Å². The molecule has 0 aliphatic rings. The number of anilines is 1. The van der Waals surface area contributed by atoms with Gasteiger partial charge in [-0.25, -0.2) is 0 Å². The van der Waals surface area contributed by atoms with Crippen LogP contribution in [-0.4, -0.2) is 14.8 Å². The molecule has 0 unspecified atom stereocenters. The Morgan fingerprint density at radius 3 is 2.71 bits per heavy atom. The average molecular weight is 253 g/mol. The summed E-state index contributed by atoms with van der Waals surface area (Å²) >= 11 is 3.36. The van der Waals surface area contributed by atoms with Gasteiger partial charge < -0.3 is 5.73 Å². The summed E-state index contributed by atoms with van der Waals surface area (Å²) in [6.45, 7) is 0. The SMILES string of the molecule is Cn1ncc(N)c1-c1cncc(Br)c1. The lowest BCUT2D eigenvalue weighted by Crippen LogP contribution is -1.96. The van der Waals surface area contributed by atoms with Crippen molar-refractivity contribution in [1.29, 1.82) is 0 Å². The number of aromatic nitrogens is 3. The number of aryl methyl sites for hydroxylation is 1. The van der Waals surface area contributed by atoms with Crippen molar-refractivity contribution in [2.45, 2.75) is 0 Å². The minimum absolute atomic E-state index is 0.660. The van der Waals surface area contributed by atoms with Crippen LogP contribution in [0, 0.1) is 0 Å². The Balaban J connectivity index is 2.59. The third kappa shape index (κ3) is 1.50. The maximum absolute atomic E-state index is 5.80. The summed E-state index contributed by atoms with van der Waals surface area (Å²) in [4.78, 5) is 4.08. The van der Waals surface area contributed by atoms with E-state index in [1.165, 1.54) is 0 Å². The number of rotatable bonds is 1. The molecule has 0 bridgehead atoms. The highest BCUT2D eigenvalue weighted by atomic mass is 79.9. The Morgan fingerprint density at radius 2 is 2.14 bits per heavy atom. The van der Waals surface area contributed by atoms with E-state index in [4.69, 9.17) is 5.73 Å². The quantitative estimate of drug-likeness (QED) is 0.843. The van der Waals surface area contributed by atoms with E-state index >= 15 is 0 Å². The molecule has 14 heavy (non-hydrogen) atoms. The second-order valence-electron chi connectivity index (χ2n) is 2.96. The molecule has 0 saturated heterocycles. The molecule has 0 spiro atoms. The Labute approximate surface area is 89.9 Å². The van der Waals surface area contributed by atoms with E-state index in [1.54, 1.807) is 23.3 Å². The van der Waals surface area contributed by atoms with E-state index in [1.807, 2.05) is 13.1 Å². The number of hydrogen-bond acceptors (Lipinski definition) is 3. The van der Waals surface area contributed by atoms with Gasteiger partial charge in [0.15, 0.2) is 0 Å². The Morgan fingerprint density at radius 1 is 1.36 bits per heavy atom. The molecular weight excluding hydrogens is 244 g/mol. The van der Waals surface area contributed by atoms with E-state index in [2.05, 4.69) is 26.0 Å². The molecule has 2 aromatic heterocycles. The molecule has 2 rings (SSSR count). The lowest BCUT2D eigenvalue weighted by molar-refractivity contribution is 0.775. The van der Waals surface area contributed by atoms with E-state index < -0.39 is 0 Å². The number of nitrogen functional groups attached to an aromatic ring is 1. The first-order valence-electron chi connectivity index (χ1n) is 4.07. The van der Waals surface area contributed by atoms with Crippen LogP contribution in [0.2, 0.25) is 0 Å². The van der Waals surface area contributed by atoms with E-state index in [0.717, 1.165) is 15.7 Å². The first kappa shape index (κ1) is 9.21. The third-order valence-corrected chi connectivity index (χ3v) is 2.38. The predicted molar refractivity (Wildman–Crippen MR) is 58.6 cm³/mol. The van der Waals surface area contributed by atoms with E-state index in [0.29, 0.717) is 5.69 Å². The number of halogens is 1. The van der Waals surface area contributed by atoms with Gasteiger partial charge in [-0.2, -0.15) is 5.10 Å². The summed E-state index contributed by atoms with van der Waals surface area (Å²) in [5.74, 6) is 0. The van der Waals surface area contributed by atoms with Crippen LogP contribution in [0.15, 0.2) is 29.1 Å². The number of pyridine rings is 1. The van der Waals surface area contributed by atoms with Crippen LogP contribution in [0.5, 0.6) is 0 Å². The zero-order valence-electron chi connectivity index (χ0n) is 7.61. The van der Waals surface area contributed by atoms with E-state index in [-0.39, 0.29) is 0 Å². The van der Waals surface area contributed by atoms with Crippen molar-refractivity contribution >= 4 is 21.6 Å². The van der Waals surface area contributed by atoms with Crippen LogP contribution in [0.25, 0.3) is 11.3 Å². The molecule has 0 fully saturated rings. The van der Waals surface area contributed by atoms with Crippen LogP contribution in [0.1, 0.15) is 0 Å². The van der Waals surface area contributed by atoms with Gasteiger partial charge >= 0.3 is 0 Å². The smallest absolute Gasteiger partial charge is 0.0924 e. The minimum atomic E-state index is 0.660. The van der Waals surface area contributed by atoms with Crippen molar-refractivity contribution in [3.05, 3.63) is 29.1 Å². The van der Waals surface area contributed by atoms with Gasteiger partial charge in [0, 0.05) is 29.5 Å². The second-order valence-corrected chi connectivity index (χ2v) is 3.88. The molecule has 2 aromatic rings. The monoisotopic (exact) mass is 252 g/mol.